The van der Waals surface area contributed by atoms with Crippen LogP contribution in [0.15, 0.2) is 18.2 Å². The van der Waals surface area contributed by atoms with Crippen LogP contribution in [0.3, 0.4) is 0 Å². The lowest BCUT2D eigenvalue weighted by Crippen LogP contribution is -2.46. The molecule has 1 aromatic carbocycles. The summed E-state index contributed by atoms with van der Waals surface area (Å²) < 4.78 is 5.91. The molecule has 4 rings (SSSR count). The Morgan fingerprint density at radius 3 is 2.44 bits per heavy atom. The molecule has 3 heterocycles. The fourth-order valence-electron chi connectivity index (χ4n) is 3.89. The van der Waals surface area contributed by atoms with Crippen molar-refractivity contribution < 1.29 is 4.74 Å². The number of nitrogens with zero attached hydrogens (tertiary/aromatic N) is 3. The molecule has 27 heavy (non-hydrogen) atoms. The van der Waals surface area contributed by atoms with Crippen LogP contribution < -0.4 is 4.90 Å². The van der Waals surface area contributed by atoms with Crippen molar-refractivity contribution in [3.05, 3.63) is 39.5 Å². The number of aromatic nitrogens is 2. The standard InChI is InChI=1S/C21H24ClN3OS/c1-11-6-7-16(8-12(11)2)17-15(5)27-20-18(17)19(23-21(22)24-20)25-9-13(3)26-14(4)10-25/h6-8,13-14H,9-10H2,1-5H3. The number of thiophene rings is 1. The first-order valence-electron chi connectivity index (χ1n) is 9.28. The third-order valence-corrected chi connectivity index (χ3v) is 6.36. The van der Waals surface area contributed by atoms with Crippen molar-refractivity contribution in [3.8, 4) is 11.1 Å². The van der Waals surface area contributed by atoms with Crippen molar-refractivity contribution in [1.82, 2.24) is 9.97 Å². The minimum absolute atomic E-state index is 0.155. The molecule has 2 atom stereocenters. The average molecular weight is 402 g/mol. The van der Waals surface area contributed by atoms with Crippen molar-refractivity contribution in [2.45, 2.75) is 46.8 Å². The molecule has 6 heteroatoms. The number of fused-ring (bicyclic) bond motifs is 1. The highest BCUT2D eigenvalue weighted by molar-refractivity contribution is 7.19. The maximum absolute atomic E-state index is 6.30. The molecule has 1 aliphatic heterocycles. The number of aryl methyl sites for hydroxylation is 3. The molecule has 1 saturated heterocycles. The van der Waals surface area contributed by atoms with Crippen LogP contribution >= 0.6 is 22.9 Å². The van der Waals surface area contributed by atoms with Gasteiger partial charge in [-0.1, -0.05) is 18.2 Å². The van der Waals surface area contributed by atoms with Gasteiger partial charge in [-0.2, -0.15) is 4.98 Å². The number of anilines is 1. The second-order valence-corrected chi connectivity index (χ2v) is 9.03. The molecule has 0 saturated carbocycles. The number of rotatable bonds is 2. The van der Waals surface area contributed by atoms with E-state index in [9.17, 15) is 0 Å². The monoisotopic (exact) mass is 401 g/mol. The van der Waals surface area contributed by atoms with Gasteiger partial charge in [-0.3, -0.25) is 0 Å². The van der Waals surface area contributed by atoms with Gasteiger partial charge < -0.3 is 9.64 Å². The molecule has 1 aliphatic rings. The first kappa shape index (κ1) is 18.7. The van der Waals surface area contributed by atoms with E-state index in [-0.39, 0.29) is 12.2 Å². The number of hydrogen-bond acceptors (Lipinski definition) is 5. The lowest BCUT2D eigenvalue weighted by molar-refractivity contribution is -0.00537. The molecule has 0 radical (unpaired) electrons. The van der Waals surface area contributed by atoms with Crippen LogP contribution in [0.25, 0.3) is 21.3 Å². The minimum atomic E-state index is 0.155. The lowest BCUT2D eigenvalue weighted by atomic mass is 9.98. The molecule has 1 fully saturated rings. The SMILES string of the molecule is Cc1ccc(-c2c(C)sc3nc(Cl)nc(N4CC(C)OC(C)C4)c23)cc1C. The van der Waals surface area contributed by atoms with Gasteiger partial charge in [0.05, 0.1) is 17.6 Å². The van der Waals surface area contributed by atoms with Gasteiger partial charge in [0.15, 0.2) is 0 Å². The summed E-state index contributed by atoms with van der Waals surface area (Å²) in [6, 6.07) is 6.63. The second-order valence-electron chi connectivity index (χ2n) is 7.49. The van der Waals surface area contributed by atoms with E-state index in [4.69, 9.17) is 16.3 Å². The number of ether oxygens (including phenoxy) is 1. The topological polar surface area (TPSA) is 38.2 Å². The van der Waals surface area contributed by atoms with E-state index in [2.05, 4.69) is 67.7 Å². The highest BCUT2D eigenvalue weighted by atomic mass is 35.5. The molecular formula is C21H24ClN3OS. The van der Waals surface area contributed by atoms with Crippen LogP contribution in [-0.2, 0) is 4.74 Å². The first-order valence-corrected chi connectivity index (χ1v) is 10.5. The zero-order valence-corrected chi connectivity index (χ0v) is 17.9. The summed E-state index contributed by atoms with van der Waals surface area (Å²) in [4.78, 5) is 13.7. The molecule has 2 aromatic heterocycles. The maximum atomic E-state index is 6.30. The average Bonchev–Trinajstić information content (AvgIpc) is 2.91. The molecule has 3 aromatic rings. The van der Waals surface area contributed by atoms with Crippen molar-refractivity contribution in [2.75, 3.05) is 18.0 Å². The molecule has 0 bridgehead atoms. The van der Waals surface area contributed by atoms with E-state index >= 15 is 0 Å². The van der Waals surface area contributed by atoms with Gasteiger partial charge in [0.25, 0.3) is 0 Å². The highest BCUT2D eigenvalue weighted by Gasteiger charge is 2.27. The van der Waals surface area contributed by atoms with Crippen LogP contribution in [0.1, 0.15) is 29.9 Å². The molecule has 142 valence electrons. The summed E-state index contributed by atoms with van der Waals surface area (Å²) in [7, 11) is 0. The quantitative estimate of drug-likeness (QED) is 0.527. The van der Waals surface area contributed by atoms with Crippen LogP contribution in [0.2, 0.25) is 5.28 Å². The first-order chi connectivity index (χ1) is 12.8. The zero-order chi connectivity index (χ0) is 19.3. The normalized spacial score (nSPS) is 20.4. The van der Waals surface area contributed by atoms with Crippen LogP contribution in [0, 0.1) is 20.8 Å². The number of hydrogen-bond donors (Lipinski definition) is 0. The molecule has 0 spiro atoms. The van der Waals surface area contributed by atoms with Crippen LogP contribution in [0.5, 0.6) is 0 Å². The molecule has 4 nitrogen and oxygen atoms in total. The van der Waals surface area contributed by atoms with E-state index in [1.807, 2.05) is 0 Å². The van der Waals surface area contributed by atoms with Gasteiger partial charge in [-0.05, 0) is 62.9 Å². The van der Waals surface area contributed by atoms with Gasteiger partial charge in [-0.25, -0.2) is 4.98 Å². The molecular weight excluding hydrogens is 378 g/mol. The van der Waals surface area contributed by atoms with Crippen molar-refractivity contribution in [1.29, 1.82) is 0 Å². The minimum Gasteiger partial charge on any atom is -0.372 e. The fraction of sp³-hybridized carbons (Fsp3) is 0.429. The van der Waals surface area contributed by atoms with Gasteiger partial charge in [0.2, 0.25) is 5.28 Å². The van der Waals surface area contributed by atoms with E-state index in [1.54, 1.807) is 11.3 Å². The van der Waals surface area contributed by atoms with E-state index < -0.39 is 0 Å². The Kier molecular flexibility index (Phi) is 4.87. The van der Waals surface area contributed by atoms with E-state index in [1.165, 1.54) is 27.1 Å². The Balaban J connectivity index is 1.95. The summed E-state index contributed by atoms with van der Waals surface area (Å²) in [5, 5.41) is 1.41. The second kappa shape index (κ2) is 7.04. The Bertz CT molecular complexity index is 1010. The molecule has 0 aliphatic carbocycles. The third kappa shape index (κ3) is 3.44. The molecule has 0 N–H and O–H groups in total. The summed E-state index contributed by atoms with van der Waals surface area (Å²) in [6.07, 6.45) is 0.310. The summed E-state index contributed by atoms with van der Waals surface area (Å²) in [5.41, 5.74) is 5.02. The van der Waals surface area contributed by atoms with Gasteiger partial charge in [0, 0.05) is 23.5 Å². The smallest absolute Gasteiger partial charge is 0.225 e. The number of morpholine rings is 1. The summed E-state index contributed by atoms with van der Waals surface area (Å²) >= 11 is 7.98. The van der Waals surface area contributed by atoms with Crippen LogP contribution in [-0.4, -0.2) is 35.3 Å². The largest absolute Gasteiger partial charge is 0.372 e. The van der Waals surface area contributed by atoms with Crippen LogP contribution in [0.4, 0.5) is 5.82 Å². The third-order valence-electron chi connectivity index (χ3n) is 5.20. The fourth-order valence-corrected chi connectivity index (χ4v) is 5.15. The molecule has 2 unspecified atom stereocenters. The summed E-state index contributed by atoms with van der Waals surface area (Å²) in [5.74, 6) is 0.921. The highest BCUT2D eigenvalue weighted by Crippen LogP contribution is 2.43. The van der Waals surface area contributed by atoms with Crippen molar-refractivity contribution in [3.63, 3.8) is 0 Å². The Hall–Kier alpha value is -1.69. The van der Waals surface area contributed by atoms with E-state index in [0.29, 0.717) is 5.28 Å². The van der Waals surface area contributed by atoms with Gasteiger partial charge >= 0.3 is 0 Å². The Labute approximate surface area is 169 Å². The Morgan fingerprint density at radius 1 is 1.07 bits per heavy atom. The van der Waals surface area contributed by atoms with Gasteiger partial charge in [0.1, 0.15) is 10.6 Å². The Morgan fingerprint density at radius 2 is 1.78 bits per heavy atom. The lowest BCUT2D eigenvalue weighted by Gasteiger charge is -2.36. The molecule has 0 amide bonds. The number of halogens is 1. The van der Waals surface area contributed by atoms with E-state index in [0.717, 1.165) is 29.1 Å². The van der Waals surface area contributed by atoms with Crippen molar-refractivity contribution in [2.24, 2.45) is 0 Å². The maximum Gasteiger partial charge on any atom is 0.225 e. The van der Waals surface area contributed by atoms with Crippen molar-refractivity contribution >= 4 is 39.0 Å². The summed E-state index contributed by atoms with van der Waals surface area (Å²) in [6.45, 7) is 12.3. The van der Waals surface area contributed by atoms with Gasteiger partial charge in [-0.15, -0.1) is 11.3 Å². The number of benzene rings is 1. The zero-order valence-electron chi connectivity index (χ0n) is 16.3. The predicted octanol–water partition coefficient (Wildman–Crippen LogP) is 5.55. The predicted molar refractivity (Wildman–Crippen MR) is 114 cm³/mol.